The highest BCUT2D eigenvalue weighted by molar-refractivity contribution is 5.90. The molecule has 4 aromatic rings. The molecule has 168 valence electrons. The molecule has 0 bridgehead atoms. The standard InChI is InChI=1S/C28H29N3O2/c1-19-12-14-23(15-13-19)29-27(32)17-16-25-22(4)30-31(26-11-6-5-9-21(26)3)28(25)33-24-10-7-8-20(2)18-24/h5-15,18H,16-17H2,1-4H3,(H,29,32). The van der Waals surface area contributed by atoms with Crippen LogP contribution in [-0.4, -0.2) is 15.7 Å². The lowest BCUT2D eigenvalue weighted by molar-refractivity contribution is -0.116. The Balaban J connectivity index is 1.63. The predicted molar refractivity (Wildman–Crippen MR) is 132 cm³/mol. The molecule has 5 nitrogen and oxygen atoms in total. The summed E-state index contributed by atoms with van der Waals surface area (Å²) >= 11 is 0. The summed E-state index contributed by atoms with van der Waals surface area (Å²) in [4.78, 5) is 12.6. The van der Waals surface area contributed by atoms with Gasteiger partial charge in [0.2, 0.25) is 11.8 Å². The summed E-state index contributed by atoms with van der Waals surface area (Å²) in [5.74, 6) is 1.36. The first kappa shape index (κ1) is 22.3. The van der Waals surface area contributed by atoms with Crippen LogP contribution in [0.3, 0.4) is 0 Å². The Hall–Kier alpha value is -3.86. The van der Waals surface area contributed by atoms with E-state index in [4.69, 9.17) is 9.84 Å². The minimum Gasteiger partial charge on any atom is -0.439 e. The molecule has 0 saturated carbocycles. The van der Waals surface area contributed by atoms with E-state index in [0.29, 0.717) is 18.7 Å². The van der Waals surface area contributed by atoms with E-state index in [1.54, 1.807) is 0 Å². The van der Waals surface area contributed by atoms with Gasteiger partial charge in [0.15, 0.2) is 0 Å². The van der Waals surface area contributed by atoms with Crippen LogP contribution in [0, 0.1) is 27.7 Å². The van der Waals surface area contributed by atoms with Crippen LogP contribution in [0.5, 0.6) is 11.6 Å². The predicted octanol–water partition coefficient (Wildman–Crippen LogP) is 6.47. The maximum Gasteiger partial charge on any atom is 0.226 e. The van der Waals surface area contributed by atoms with Crippen LogP contribution in [0.15, 0.2) is 72.8 Å². The summed E-state index contributed by atoms with van der Waals surface area (Å²) in [6, 6.07) is 23.8. The van der Waals surface area contributed by atoms with E-state index in [2.05, 4.69) is 18.3 Å². The third kappa shape index (κ3) is 5.32. The molecule has 1 aromatic heterocycles. The fourth-order valence-corrected chi connectivity index (χ4v) is 3.78. The van der Waals surface area contributed by atoms with E-state index in [1.165, 1.54) is 0 Å². The monoisotopic (exact) mass is 439 g/mol. The minimum absolute atomic E-state index is 0.0385. The third-order valence-corrected chi connectivity index (χ3v) is 5.62. The molecule has 4 rings (SSSR count). The van der Waals surface area contributed by atoms with E-state index >= 15 is 0 Å². The summed E-state index contributed by atoms with van der Waals surface area (Å²) in [6.07, 6.45) is 0.856. The van der Waals surface area contributed by atoms with Crippen molar-refractivity contribution in [3.8, 4) is 17.3 Å². The van der Waals surface area contributed by atoms with Crippen molar-refractivity contribution < 1.29 is 9.53 Å². The second kappa shape index (κ2) is 9.74. The number of nitrogens with zero attached hydrogens (tertiary/aromatic N) is 2. The molecule has 0 spiro atoms. The smallest absolute Gasteiger partial charge is 0.226 e. The zero-order valence-electron chi connectivity index (χ0n) is 19.6. The molecule has 0 radical (unpaired) electrons. The van der Waals surface area contributed by atoms with Crippen molar-refractivity contribution in [2.75, 3.05) is 5.32 Å². The van der Waals surface area contributed by atoms with Gasteiger partial charge in [-0.3, -0.25) is 4.79 Å². The van der Waals surface area contributed by atoms with Gasteiger partial charge < -0.3 is 10.1 Å². The average molecular weight is 440 g/mol. The van der Waals surface area contributed by atoms with Crippen LogP contribution < -0.4 is 10.1 Å². The number of amides is 1. The lowest BCUT2D eigenvalue weighted by Crippen LogP contribution is -2.12. The Morgan fingerprint density at radius 3 is 2.39 bits per heavy atom. The van der Waals surface area contributed by atoms with E-state index < -0.39 is 0 Å². The Bertz CT molecular complexity index is 1270. The molecular formula is C28H29N3O2. The van der Waals surface area contributed by atoms with Crippen LogP contribution in [-0.2, 0) is 11.2 Å². The number of carbonyl (C=O) groups is 1. The van der Waals surface area contributed by atoms with E-state index in [9.17, 15) is 4.79 Å². The molecular weight excluding hydrogens is 410 g/mol. The zero-order valence-corrected chi connectivity index (χ0v) is 19.6. The Kier molecular flexibility index (Phi) is 6.59. The highest BCUT2D eigenvalue weighted by Crippen LogP contribution is 2.32. The Morgan fingerprint density at radius 2 is 1.67 bits per heavy atom. The highest BCUT2D eigenvalue weighted by Gasteiger charge is 2.20. The van der Waals surface area contributed by atoms with Gasteiger partial charge in [0.25, 0.3) is 0 Å². The maximum absolute atomic E-state index is 12.6. The first-order valence-electron chi connectivity index (χ1n) is 11.2. The second-order valence-electron chi connectivity index (χ2n) is 8.40. The molecule has 1 N–H and O–H groups in total. The summed E-state index contributed by atoms with van der Waals surface area (Å²) in [5.41, 5.74) is 6.91. The van der Waals surface area contributed by atoms with Crippen molar-refractivity contribution in [3.63, 3.8) is 0 Å². The van der Waals surface area contributed by atoms with Crippen LogP contribution >= 0.6 is 0 Å². The number of ether oxygens (including phenoxy) is 1. The van der Waals surface area contributed by atoms with Crippen molar-refractivity contribution in [2.45, 2.75) is 40.5 Å². The number of anilines is 1. The molecule has 0 unspecified atom stereocenters. The zero-order chi connectivity index (χ0) is 23.4. The van der Waals surface area contributed by atoms with Gasteiger partial charge in [-0.2, -0.15) is 9.78 Å². The number of carbonyl (C=O) groups excluding carboxylic acids is 1. The molecule has 0 aliphatic heterocycles. The van der Waals surface area contributed by atoms with E-state index in [-0.39, 0.29) is 5.91 Å². The number of rotatable bonds is 7. The van der Waals surface area contributed by atoms with Gasteiger partial charge in [-0.1, -0.05) is 48.0 Å². The number of aromatic nitrogens is 2. The molecule has 1 heterocycles. The van der Waals surface area contributed by atoms with Crippen molar-refractivity contribution >= 4 is 11.6 Å². The minimum atomic E-state index is -0.0385. The quantitative estimate of drug-likeness (QED) is 0.359. The number of benzene rings is 3. The van der Waals surface area contributed by atoms with E-state index in [1.807, 2.05) is 92.2 Å². The number of para-hydroxylation sites is 1. The summed E-state index contributed by atoms with van der Waals surface area (Å²) in [7, 11) is 0. The van der Waals surface area contributed by atoms with Gasteiger partial charge in [0.05, 0.1) is 11.4 Å². The molecule has 0 aliphatic carbocycles. The van der Waals surface area contributed by atoms with Crippen LogP contribution in [0.25, 0.3) is 5.69 Å². The highest BCUT2D eigenvalue weighted by atomic mass is 16.5. The molecule has 0 aliphatic rings. The molecule has 0 fully saturated rings. The Labute approximate surface area is 195 Å². The van der Waals surface area contributed by atoms with Gasteiger partial charge in [-0.15, -0.1) is 0 Å². The fourth-order valence-electron chi connectivity index (χ4n) is 3.78. The molecule has 5 heteroatoms. The first-order chi connectivity index (χ1) is 15.9. The van der Waals surface area contributed by atoms with Gasteiger partial charge >= 0.3 is 0 Å². The number of nitrogens with one attached hydrogen (secondary N) is 1. The van der Waals surface area contributed by atoms with Crippen LogP contribution in [0.4, 0.5) is 5.69 Å². The second-order valence-corrected chi connectivity index (χ2v) is 8.40. The number of hydrogen-bond donors (Lipinski definition) is 1. The van der Waals surface area contributed by atoms with E-state index in [0.717, 1.165) is 45.1 Å². The molecule has 0 saturated heterocycles. The third-order valence-electron chi connectivity index (χ3n) is 5.62. The maximum atomic E-state index is 12.6. The first-order valence-corrected chi connectivity index (χ1v) is 11.2. The molecule has 33 heavy (non-hydrogen) atoms. The number of hydrogen-bond acceptors (Lipinski definition) is 3. The normalized spacial score (nSPS) is 10.8. The Morgan fingerprint density at radius 1 is 0.909 bits per heavy atom. The van der Waals surface area contributed by atoms with Crippen LogP contribution in [0.1, 0.15) is 34.4 Å². The van der Waals surface area contributed by atoms with Gasteiger partial charge in [0, 0.05) is 17.7 Å². The largest absolute Gasteiger partial charge is 0.439 e. The molecule has 3 aromatic carbocycles. The van der Waals surface area contributed by atoms with Gasteiger partial charge in [-0.25, -0.2) is 0 Å². The van der Waals surface area contributed by atoms with Gasteiger partial charge in [0.1, 0.15) is 5.75 Å². The van der Waals surface area contributed by atoms with Crippen molar-refractivity contribution in [3.05, 3.63) is 101 Å². The van der Waals surface area contributed by atoms with Gasteiger partial charge in [-0.05, 0) is 75.6 Å². The SMILES string of the molecule is Cc1ccc(NC(=O)CCc2c(C)nn(-c3ccccc3C)c2Oc2cccc(C)c2)cc1. The van der Waals surface area contributed by atoms with Crippen molar-refractivity contribution in [1.82, 2.24) is 9.78 Å². The summed E-state index contributed by atoms with van der Waals surface area (Å²) in [6.45, 7) is 8.08. The molecule has 0 atom stereocenters. The fraction of sp³-hybridized carbons (Fsp3) is 0.214. The topological polar surface area (TPSA) is 56.2 Å². The lowest BCUT2D eigenvalue weighted by atomic mass is 10.1. The van der Waals surface area contributed by atoms with Crippen molar-refractivity contribution in [2.24, 2.45) is 0 Å². The van der Waals surface area contributed by atoms with Crippen molar-refractivity contribution in [1.29, 1.82) is 0 Å². The number of aryl methyl sites for hydroxylation is 4. The summed E-state index contributed by atoms with van der Waals surface area (Å²) in [5, 5.41) is 7.77. The molecule has 1 amide bonds. The summed E-state index contributed by atoms with van der Waals surface area (Å²) < 4.78 is 8.23. The lowest BCUT2D eigenvalue weighted by Gasteiger charge is -2.13. The van der Waals surface area contributed by atoms with Crippen LogP contribution in [0.2, 0.25) is 0 Å². The average Bonchev–Trinajstić information content (AvgIpc) is 3.09.